The minimum absolute atomic E-state index is 0.0320. The monoisotopic (exact) mass is 505 g/mol. The first kappa shape index (κ1) is 24.7. The SMILES string of the molecule is CNC(=O)CCc1cc(-c2ccc(-c3ccc(C)cc3)cc2)n(-c2ccc(NC(=O)c3cnco3)cc2)n1. The Balaban J connectivity index is 1.43. The molecule has 2 N–H and O–H groups in total. The molecular formula is C30H27N5O3. The molecule has 38 heavy (non-hydrogen) atoms. The highest BCUT2D eigenvalue weighted by molar-refractivity contribution is 6.02. The van der Waals surface area contributed by atoms with Gasteiger partial charge in [0.2, 0.25) is 11.7 Å². The van der Waals surface area contributed by atoms with Gasteiger partial charge in [0.1, 0.15) is 0 Å². The van der Waals surface area contributed by atoms with Gasteiger partial charge in [-0.15, -0.1) is 0 Å². The Kier molecular flexibility index (Phi) is 7.13. The van der Waals surface area contributed by atoms with Crippen molar-refractivity contribution in [3.8, 4) is 28.1 Å². The summed E-state index contributed by atoms with van der Waals surface area (Å²) in [4.78, 5) is 27.9. The van der Waals surface area contributed by atoms with E-state index in [0.717, 1.165) is 33.8 Å². The number of anilines is 1. The first-order valence-corrected chi connectivity index (χ1v) is 12.3. The molecule has 0 radical (unpaired) electrons. The van der Waals surface area contributed by atoms with E-state index in [9.17, 15) is 9.59 Å². The highest BCUT2D eigenvalue weighted by Gasteiger charge is 2.14. The molecule has 2 heterocycles. The fraction of sp³-hybridized carbons (Fsp3) is 0.133. The molecule has 0 fully saturated rings. The van der Waals surface area contributed by atoms with E-state index in [4.69, 9.17) is 9.52 Å². The molecule has 8 heteroatoms. The third-order valence-electron chi connectivity index (χ3n) is 6.24. The average molecular weight is 506 g/mol. The molecular weight excluding hydrogens is 478 g/mol. The number of benzene rings is 3. The summed E-state index contributed by atoms with van der Waals surface area (Å²) in [6, 6.07) is 26.2. The Labute approximate surface area is 220 Å². The van der Waals surface area contributed by atoms with Gasteiger partial charge in [0, 0.05) is 31.1 Å². The van der Waals surface area contributed by atoms with Crippen LogP contribution in [-0.4, -0.2) is 33.6 Å². The quantitative estimate of drug-likeness (QED) is 0.293. The molecule has 0 atom stereocenters. The van der Waals surface area contributed by atoms with Gasteiger partial charge in [-0.25, -0.2) is 9.67 Å². The number of nitrogens with one attached hydrogen (secondary N) is 2. The summed E-state index contributed by atoms with van der Waals surface area (Å²) in [5.41, 5.74) is 7.68. The fourth-order valence-electron chi connectivity index (χ4n) is 4.11. The molecule has 0 aliphatic rings. The topological polar surface area (TPSA) is 102 Å². The minimum Gasteiger partial charge on any atom is -0.438 e. The molecule has 190 valence electrons. The third-order valence-corrected chi connectivity index (χ3v) is 6.24. The number of amides is 2. The summed E-state index contributed by atoms with van der Waals surface area (Å²) in [6.07, 6.45) is 3.45. The van der Waals surface area contributed by atoms with Crippen molar-refractivity contribution in [3.63, 3.8) is 0 Å². The van der Waals surface area contributed by atoms with Crippen LogP contribution in [0.5, 0.6) is 0 Å². The normalized spacial score (nSPS) is 10.8. The molecule has 0 unspecified atom stereocenters. The van der Waals surface area contributed by atoms with Gasteiger partial charge in [-0.05, 0) is 48.4 Å². The highest BCUT2D eigenvalue weighted by atomic mass is 16.3. The molecule has 2 amide bonds. The second-order valence-corrected chi connectivity index (χ2v) is 8.92. The van der Waals surface area contributed by atoms with E-state index in [0.29, 0.717) is 18.5 Å². The van der Waals surface area contributed by atoms with E-state index in [1.807, 2.05) is 22.9 Å². The maximum Gasteiger partial charge on any atom is 0.293 e. The van der Waals surface area contributed by atoms with Gasteiger partial charge in [-0.1, -0.05) is 54.1 Å². The van der Waals surface area contributed by atoms with Gasteiger partial charge in [0.05, 0.1) is 23.3 Å². The van der Waals surface area contributed by atoms with E-state index < -0.39 is 0 Å². The molecule has 0 saturated carbocycles. The summed E-state index contributed by atoms with van der Waals surface area (Å²) < 4.78 is 6.92. The van der Waals surface area contributed by atoms with Gasteiger partial charge in [-0.3, -0.25) is 9.59 Å². The lowest BCUT2D eigenvalue weighted by Gasteiger charge is -2.10. The Hall–Kier alpha value is -4.98. The lowest BCUT2D eigenvalue weighted by atomic mass is 10.0. The van der Waals surface area contributed by atoms with Gasteiger partial charge >= 0.3 is 0 Å². The van der Waals surface area contributed by atoms with Crippen molar-refractivity contribution in [2.45, 2.75) is 19.8 Å². The van der Waals surface area contributed by atoms with Crippen molar-refractivity contribution in [1.82, 2.24) is 20.1 Å². The zero-order valence-corrected chi connectivity index (χ0v) is 21.1. The van der Waals surface area contributed by atoms with Crippen LogP contribution in [0.3, 0.4) is 0 Å². The number of hydrogen-bond acceptors (Lipinski definition) is 5. The lowest BCUT2D eigenvalue weighted by Crippen LogP contribution is -2.18. The van der Waals surface area contributed by atoms with Crippen LogP contribution in [0.15, 0.2) is 95.9 Å². The van der Waals surface area contributed by atoms with Crippen molar-refractivity contribution in [3.05, 3.63) is 108 Å². The molecule has 8 nitrogen and oxygen atoms in total. The zero-order chi connectivity index (χ0) is 26.5. The summed E-state index contributed by atoms with van der Waals surface area (Å²) in [5.74, 6) is -0.270. The summed E-state index contributed by atoms with van der Waals surface area (Å²) in [7, 11) is 1.63. The first-order chi connectivity index (χ1) is 18.5. The van der Waals surface area contributed by atoms with Crippen LogP contribution >= 0.6 is 0 Å². The van der Waals surface area contributed by atoms with E-state index in [1.165, 1.54) is 18.2 Å². The molecule has 0 bridgehead atoms. The van der Waals surface area contributed by atoms with Crippen molar-refractivity contribution in [1.29, 1.82) is 0 Å². The largest absolute Gasteiger partial charge is 0.438 e. The highest BCUT2D eigenvalue weighted by Crippen LogP contribution is 2.28. The number of rotatable bonds is 8. The van der Waals surface area contributed by atoms with Crippen LogP contribution < -0.4 is 10.6 Å². The smallest absolute Gasteiger partial charge is 0.293 e. The Morgan fingerprint density at radius 1 is 0.895 bits per heavy atom. The molecule has 0 spiro atoms. The van der Waals surface area contributed by atoms with Crippen LogP contribution in [0.25, 0.3) is 28.1 Å². The number of carbonyl (C=O) groups is 2. The second-order valence-electron chi connectivity index (χ2n) is 8.92. The van der Waals surface area contributed by atoms with Crippen LogP contribution in [0.1, 0.15) is 28.2 Å². The molecule has 0 saturated heterocycles. The van der Waals surface area contributed by atoms with Crippen molar-refractivity contribution < 1.29 is 14.0 Å². The van der Waals surface area contributed by atoms with Crippen molar-refractivity contribution in [2.24, 2.45) is 0 Å². The van der Waals surface area contributed by atoms with Crippen molar-refractivity contribution >= 4 is 17.5 Å². The van der Waals surface area contributed by atoms with E-state index in [1.54, 1.807) is 19.2 Å². The van der Waals surface area contributed by atoms with Crippen LogP contribution in [0.2, 0.25) is 0 Å². The summed E-state index contributed by atoms with van der Waals surface area (Å²) >= 11 is 0. The lowest BCUT2D eigenvalue weighted by molar-refractivity contribution is -0.120. The second kappa shape index (κ2) is 11.0. The molecule has 5 rings (SSSR count). The number of carbonyl (C=O) groups excluding carboxylic acids is 2. The predicted molar refractivity (Wildman–Crippen MR) is 146 cm³/mol. The number of hydrogen-bond donors (Lipinski definition) is 2. The van der Waals surface area contributed by atoms with E-state index >= 15 is 0 Å². The standard InChI is InChI=1S/C30H27N5O3/c1-20-3-5-21(6-4-20)22-7-9-23(10-8-22)27-17-25(13-16-29(36)31-2)34-35(27)26-14-11-24(12-15-26)33-30(37)28-18-32-19-38-28/h3-12,14-15,17-19H,13,16H2,1-2H3,(H,31,36)(H,33,37). The minimum atomic E-state index is -0.375. The summed E-state index contributed by atoms with van der Waals surface area (Å²) in [6.45, 7) is 2.08. The van der Waals surface area contributed by atoms with E-state index in [-0.39, 0.29) is 17.6 Å². The zero-order valence-electron chi connectivity index (χ0n) is 21.1. The molecule has 0 aliphatic heterocycles. The Morgan fingerprint density at radius 3 is 2.18 bits per heavy atom. The van der Waals surface area contributed by atoms with Gasteiger partial charge < -0.3 is 15.1 Å². The van der Waals surface area contributed by atoms with Gasteiger partial charge in [0.25, 0.3) is 5.91 Å². The van der Waals surface area contributed by atoms with Crippen LogP contribution in [0.4, 0.5) is 5.69 Å². The number of aryl methyl sites for hydroxylation is 2. The number of oxazole rings is 1. The molecule has 5 aromatic rings. The molecule has 3 aromatic carbocycles. The molecule has 0 aliphatic carbocycles. The van der Waals surface area contributed by atoms with Gasteiger partial charge in [0.15, 0.2) is 6.39 Å². The average Bonchev–Trinajstić information content (AvgIpc) is 3.64. The molecule has 2 aromatic heterocycles. The summed E-state index contributed by atoms with van der Waals surface area (Å²) in [5, 5.41) is 10.3. The Morgan fingerprint density at radius 2 is 1.55 bits per heavy atom. The maximum absolute atomic E-state index is 12.3. The fourth-order valence-corrected chi connectivity index (χ4v) is 4.11. The maximum atomic E-state index is 12.3. The third kappa shape index (κ3) is 5.54. The first-order valence-electron chi connectivity index (χ1n) is 12.3. The Bertz CT molecular complexity index is 1540. The van der Waals surface area contributed by atoms with Crippen LogP contribution in [0, 0.1) is 6.92 Å². The van der Waals surface area contributed by atoms with Crippen molar-refractivity contribution in [2.75, 3.05) is 12.4 Å². The van der Waals surface area contributed by atoms with Crippen LogP contribution in [-0.2, 0) is 11.2 Å². The van der Waals surface area contributed by atoms with E-state index in [2.05, 4.69) is 71.1 Å². The number of nitrogens with zero attached hydrogens (tertiary/aromatic N) is 3. The predicted octanol–water partition coefficient (Wildman–Crippen LogP) is 5.43. The van der Waals surface area contributed by atoms with Gasteiger partial charge in [-0.2, -0.15) is 5.10 Å². The number of aromatic nitrogens is 3.